The molecule has 2 aromatic carbocycles. The summed E-state index contributed by atoms with van der Waals surface area (Å²) in [6.45, 7) is 4.08. The molecule has 2 amide bonds. The number of anilines is 1. The molecule has 2 fully saturated rings. The average Bonchev–Trinajstić information content (AvgIpc) is 3.16. The monoisotopic (exact) mass is 499 g/mol. The molecule has 2 aromatic rings. The Morgan fingerprint density at radius 1 is 1.00 bits per heavy atom. The van der Waals surface area contributed by atoms with Gasteiger partial charge in [0.2, 0.25) is 5.91 Å². The van der Waals surface area contributed by atoms with Crippen molar-refractivity contribution in [1.29, 1.82) is 0 Å². The summed E-state index contributed by atoms with van der Waals surface area (Å²) in [6, 6.07) is 11.7. The molecule has 0 aliphatic carbocycles. The maximum Gasteiger partial charge on any atom is 0.338 e. The fraction of sp³-hybridized carbons (Fsp3) is 0.360. The van der Waals surface area contributed by atoms with E-state index < -0.39 is 18.6 Å². The predicted octanol–water partition coefficient (Wildman–Crippen LogP) is 1.93. The summed E-state index contributed by atoms with van der Waals surface area (Å²) in [6.07, 6.45) is 0.0819. The van der Waals surface area contributed by atoms with E-state index in [1.807, 2.05) is 0 Å². The number of halogens is 1. The van der Waals surface area contributed by atoms with Crippen LogP contribution in [0, 0.1) is 0 Å². The molecule has 4 rings (SSSR count). The van der Waals surface area contributed by atoms with Crippen LogP contribution in [0.4, 0.5) is 5.69 Å². The number of hydrogen-bond donors (Lipinski definition) is 1. The van der Waals surface area contributed by atoms with Crippen molar-refractivity contribution in [1.82, 2.24) is 10.2 Å². The van der Waals surface area contributed by atoms with Gasteiger partial charge in [0.25, 0.3) is 5.91 Å². The summed E-state index contributed by atoms with van der Waals surface area (Å²) in [5, 5.41) is 3.68. The zero-order valence-corrected chi connectivity index (χ0v) is 19.8. The molecule has 0 aromatic heterocycles. The van der Waals surface area contributed by atoms with Gasteiger partial charge in [0.15, 0.2) is 12.4 Å². The lowest BCUT2D eigenvalue weighted by Crippen LogP contribution is -2.44. The van der Waals surface area contributed by atoms with Crippen LogP contribution < -0.4 is 10.2 Å². The van der Waals surface area contributed by atoms with E-state index >= 15 is 0 Å². The Labute approximate surface area is 207 Å². The van der Waals surface area contributed by atoms with Gasteiger partial charge < -0.3 is 14.8 Å². The second-order valence-corrected chi connectivity index (χ2v) is 8.72. The second-order valence-electron chi connectivity index (χ2n) is 8.29. The van der Waals surface area contributed by atoms with Gasteiger partial charge in [-0.05, 0) is 48.5 Å². The van der Waals surface area contributed by atoms with Crippen LogP contribution in [0.5, 0.6) is 0 Å². The van der Waals surface area contributed by atoms with Crippen molar-refractivity contribution >= 4 is 40.9 Å². The Kier molecular flexibility index (Phi) is 8.25. The Morgan fingerprint density at radius 2 is 1.66 bits per heavy atom. The van der Waals surface area contributed by atoms with E-state index in [-0.39, 0.29) is 29.6 Å². The minimum absolute atomic E-state index is 0.0819. The molecule has 1 N–H and O–H groups in total. The second kappa shape index (κ2) is 11.5. The van der Waals surface area contributed by atoms with Crippen molar-refractivity contribution in [2.75, 3.05) is 50.9 Å². The first-order valence-corrected chi connectivity index (χ1v) is 11.8. The van der Waals surface area contributed by atoms with Gasteiger partial charge in [-0.2, -0.15) is 0 Å². The summed E-state index contributed by atoms with van der Waals surface area (Å²) in [7, 11) is 0. The molecule has 1 atom stereocenters. The van der Waals surface area contributed by atoms with E-state index in [1.165, 1.54) is 24.3 Å². The van der Waals surface area contributed by atoms with Gasteiger partial charge >= 0.3 is 5.97 Å². The SMILES string of the molecule is O=C(COC(=O)c1ccc(N2C(=O)CC(NCCN3CCOCC3)C2=O)cc1)c1ccc(Cl)cc1. The van der Waals surface area contributed by atoms with Crippen LogP contribution in [0.15, 0.2) is 48.5 Å². The number of esters is 1. The van der Waals surface area contributed by atoms with Crippen LogP contribution in [-0.4, -0.2) is 80.5 Å². The van der Waals surface area contributed by atoms with E-state index in [9.17, 15) is 19.2 Å². The molecule has 0 saturated carbocycles. The van der Waals surface area contributed by atoms with Crippen molar-refractivity contribution in [3.05, 3.63) is 64.7 Å². The molecule has 10 heteroatoms. The van der Waals surface area contributed by atoms with Crippen molar-refractivity contribution in [3.8, 4) is 0 Å². The quantitative estimate of drug-likeness (QED) is 0.317. The smallest absolute Gasteiger partial charge is 0.338 e. The van der Waals surface area contributed by atoms with Gasteiger partial charge in [-0.1, -0.05) is 11.6 Å². The fourth-order valence-electron chi connectivity index (χ4n) is 3.96. The number of nitrogens with one attached hydrogen (secondary N) is 1. The summed E-state index contributed by atoms with van der Waals surface area (Å²) >= 11 is 5.81. The summed E-state index contributed by atoms with van der Waals surface area (Å²) in [5.41, 5.74) is 0.972. The number of carbonyl (C=O) groups is 4. The zero-order chi connectivity index (χ0) is 24.8. The zero-order valence-electron chi connectivity index (χ0n) is 19.1. The van der Waals surface area contributed by atoms with Gasteiger partial charge in [-0.25, -0.2) is 9.69 Å². The van der Waals surface area contributed by atoms with Gasteiger partial charge in [-0.15, -0.1) is 0 Å². The van der Waals surface area contributed by atoms with Crippen molar-refractivity contribution in [2.24, 2.45) is 0 Å². The molecule has 2 aliphatic rings. The van der Waals surface area contributed by atoms with Gasteiger partial charge in [0.1, 0.15) is 0 Å². The lowest BCUT2D eigenvalue weighted by molar-refractivity contribution is -0.121. The van der Waals surface area contributed by atoms with Crippen LogP contribution in [0.2, 0.25) is 5.02 Å². The molecule has 1 unspecified atom stereocenters. The molecule has 0 spiro atoms. The standard InChI is InChI=1S/C25H26ClN3O6/c26-19-5-1-17(2-6-19)22(30)16-35-25(33)18-3-7-20(8-4-18)29-23(31)15-21(24(29)32)27-9-10-28-11-13-34-14-12-28/h1-8,21,27H,9-16H2. The largest absolute Gasteiger partial charge is 0.454 e. The third kappa shape index (κ3) is 6.32. The van der Waals surface area contributed by atoms with E-state index in [1.54, 1.807) is 24.3 Å². The van der Waals surface area contributed by atoms with Crippen LogP contribution in [0.25, 0.3) is 0 Å². The topological polar surface area (TPSA) is 105 Å². The van der Waals surface area contributed by atoms with Crippen LogP contribution >= 0.6 is 11.6 Å². The molecule has 2 aliphatic heterocycles. The predicted molar refractivity (Wildman–Crippen MR) is 129 cm³/mol. The first-order chi connectivity index (χ1) is 16.9. The van der Waals surface area contributed by atoms with Crippen LogP contribution in [0.3, 0.4) is 0 Å². The van der Waals surface area contributed by atoms with E-state index in [0.29, 0.717) is 36.0 Å². The number of nitrogens with zero attached hydrogens (tertiary/aromatic N) is 2. The van der Waals surface area contributed by atoms with E-state index in [0.717, 1.165) is 24.5 Å². The molecule has 9 nitrogen and oxygen atoms in total. The summed E-state index contributed by atoms with van der Waals surface area (Å²) in [5.74, 6) is -1.66. The number of ketones is 1. The van der Waals surface area contributed by atoms with Crippen LogP contribution in [0.1, 0.15) is 27.1 Å². The molecule has 2 saturated heterocycles. The molecular weight excluding hydrogens is 474 g/mol. The summed E-state index contributed by atoms with van der Waals surface area (Å²) < 4.78 is 10.4. The number of hydrogen-bond acceptors (Lipinski definition) is 8. The highest BCUT2D eigenvalue weighted by atomic mass is 35.5. The van der Waals surface area contributed by atoms with Crippen molar-refractivity contribution in [2.45, 2.75) is 12.5 Å². The van der Waals surface area contributed by atoms with Crippen molar-refractivity contribution < 1.29 is 28.7 Å². The number of amides is 2. The lowest BCUT2D eigenvalue weighted by Gasteiger charge is -2.27. The number of morpholine rings is 1. The number of rotatable bonds is 9. The van der Waals surface area contributed by atoms with Crippen molar-refractivity contribution in [3.63, 3.8) is 0 Å². The highest BCUT2D eigenvalue weighted by molar-refractivity contribution is 6.30. The molecule has 184 valence electrons. The highest BCUT2D eigenvalue weighted by Crippen LogP contribution is 2.23. The number of Topliss-reactive ketones (excluding diaryl/α,β-unsaturated/α-hetero) is 1. The minimum atomic E-state index is -0.680. The normalized spacial score (nSPS) is 18.7. The molecular formula is C25H26ClN3O6. The number of carbonyl (C=O) groups excluding carboxylic acids is 4. The Hall–Kier alpha value is -3.11. The molecule has 0 bridgehead atoms. The van der Waals surface area contributed by atoms with Gasteiger partial charge in [0, 0.05) is 36.8 Å². The van der Waals surface area contributed by atoms with E-state index in [4.69, 9.17) is 21.1 Å². The summed E-state index contributed by atoms with van der Waals surface area (Å²) in [4.78, 5) is 53.2. The molecule has 2 heterocycles. The average molecular weight is 500 g/mol. The van der Waals surface area contributed by atoms with E-state index in [2.05, 4.69) is 10.2 Å². The first-order valence-electron chi connectivity index (χ1n) is 11.4. The maximum absolute atomic E-state index is 12.8. The van der Waals surface area contributed by atoms with Crippen LogP contribution in [-0.2, 0) is 19.1 Å². The third-order valence-corrected chi connectivity index (χ3v) is 6.18. The number of benzene rings is 2. The minimum Gasteiger partial charge on any atom is -0.454 e. The lowest BCUT2D eigenvalue weighted by atomic mass is 10.1. The Morgan fingerprint density at radius 3 is 2.34 bits per heavy atom. The maximum atomic E-state index is 12.8. The Balaban J connectivity index is 1.28. The number of ether oxygens (including phenoxy) is 2. The molecule has 35 heavy (non-hydrogen) atoms. The Bertz CT molecular complexity index is 1080. The van der Waals surface area contributed by atoms with Gasteiger partial charge in [0.05, 0.1) is 36.9 Å². The number of imide groups is 1. The molecule has 0 radical (unpaired) electrons. The fourth-order valence-corrected chi connectivity index (χ4v) is 4.09. The highest BCUT2D eigenvalue weighted by Gasteiger charge is 2.39. The van der Waals surface area contributed by atoms with Gasteiger partial charge in [-0.3, -0.25) is 19.3 Å². The third-order valence-electron chi connectivity index (χ3n) is 5.93. The first kappa shape index (κ1) is 25.0.